The second-order valence-corrected chi connectivity index (χ2v) is 21.3. The molecule has 1 spiro atoms. The van der Waals surface area contributed by atoms with E-state index in [0.717, 1.165) is 25.7 Å². The average molecular weight is 917 g/mol. The molecular formula is C45H72O19. The summed E-state index contributed by atoms with van der Waals surface area (Å²) >= 11 is 0. The van der Waals surface area contributed by atoms with Crippen LogP contribution < -0.4 is 0 Å². The van der Waals surface area contributed by atoms with Crippen LogP contribution >= 0.6 is 0 Å². The number of allylic oxidation sites excluding steroid dienone is 1. The van der Waals surface area contributed by atoms with Crippen molar-refractivity contribution in [3.63, 3.8) is 0 Å². The third-order valence-electron chi connectivity index (χ3n) is 18.1. The molecule has 64 heavy (non-hydrogen) atoms. The Morgan fingerprint density at radius 3 is 2.03 bits per heavy atom. The zero-order valence-electron chi connectivity index (χ0n) is 37.3. The van der Waals surface area contributed by atoms with E-state index in [2.05, 4.69) is 19.9 Å². The third-order valence-corrected chi connectivity index (χ3v) is 18.1. The van der Waals surface area contributed by atoms with Crippen LogP contribution in [0.25, 0.3) is 0 Å². The molecule has 3 saturated carbocycles. The fourth-order valence-electron chi connectivity index (χ4n) is 13.9. The lowest BCUT2D eigenvalue weighted by atomic mass is 9.46. The van der Waals surface area contributed by atoms with Crippen LogP contribution in [0.3, 0.4) is 0 Å². The van der Waals surface area contributed by atoms with Gasteiger partial charge in [0.1, 0.15) is 72.7 Å². The van der Waals surface area contributed by atoms with Crippen molar-refractivity contribution in [3.05, 3.63) is 11.6 Å². The van der Waals surface area contributed by atoms with E-state index in [0.29, 0.717) is 44.1 Å². The number of aliphatic hydroxyl groups excluding tert-OH is 10. The van der Waals surface area contributed by atoms with Crippen molar-refractivity contribution in [1.82, 2.24) is 0 Å². The van der Waals surface area contributed by atoms with Gasteiger partial charge in [-0.15, -0.1) is 0 Å². The van der Waals surface area contributed by atoms with Crippen LogP contribution in [0.1, 0.15) is 86.0 Å². The number of hydrogen-bond acceptors (Lipinski definition) is 19. The zero-order chi connectivity index (χ0) is 46.0. The summed E-state index contributed by atoms with van der Waals surface area (Å²) in [6.07, 6.45) is -17.3. The van der Waals surface area contributed by atoms with Gasteiger partial charge in [0, 0.05) is 23.7 Å². The molecule has 27 atom stereocenters. The van der Waals surface area contributed by atoms with Gasteiger partial charge in [-0.05, 0) is 75.0 Å². The lowest BCUT2D eigenvalue weighted by Gasteiger charge is -2.60. The van der Waals surface area contributed by atoms with Crippen LogP contribution in [0.2, 0.25) is 0 Å². The van der Waals surface area contributed by atoms with Gasteiger partial charge in [0.2, 0.25) is 0 Å². The van der Waals surface area contributed by atoms with Crippen LogP contribution in [-0.4, -0.2) is 198 Å². The highest BCUT2D eigenvalue weighted by molar-refractivity contribution is 5.29. The summed E-state index contributed by atoms with van der Waals surface area (Å²) in [5, 5.41) is 119. The van der Waals surface area contributed by atoms with E-state index in [1.807, 2.05) is 13.8 Å². The van der Waals surface area contributed by atoms with E-state index in [1.54, 1.807) is 0 Å². The maximum atomic E-state index is 12.8. The summed E-state index contributed by atoms with van der Waals surface area (Å²) in [5.41, 5.74) is -0.486. The number of rotatable bonds is 8. The van der Waals surface area contributed by atoms with Gasteiger partial charge in [0.25, 0.3) is 0 Å². The van der Waals surface area contributed by atoms with Gasteiger partial charge in [-0.1, -0.05) is 39.3 Å². The minimum Gasteiger partial charge on any atom is -0.394 e. The van der Waals surface area contributed by atoms with Crippen LogP contribution in [-0.2, 0) is 37.9 Å². The second-order valence-electron chi connectivity index (χ2n) is 21.3. The first-order valence-electron chi connectivity index (χ1n) is 23.6. The van der Waals surface area contributed by atoms with Gasteiger partial charge in [-0.2, -0.15) is 0 Å². The Balaban J connectivity index is 0.947. The van der Waals surface area contributed by atoms with E-state index >= 15 is 0 Å². The van der Waals surface area contributed by atoms with Crippen molar-refractivity contribution < 1.29 is 94.1 Å². The lowest BCUT2D eigenvalue weighted by Crippen LogP contribution is -2.67. The molecule has 4 aliphatic carbocycles. The number of fused-ring (bicyclic) bond motifs is 7. The third kappa shape index (κ3) is 7.33. The quantitative estimate of drug-likeness (QED) is 0.121. The Morgan fingerprint density at radius 1 is 0.703 bits per heavy atom. The largest absolute Gasteiger partial charge is 0.394 e. The summed E-state index contributed by atoms with van der Waals surface area (Å²) in [4.78, 5) is 0. The van der Waals surface area contributed by atoms with Crippen molar-refractivity contribution in [3.8, 4) is 0 Å². The molecular weight excluding hydrogens is 844 g/mol. The molecule has 0 bridgehead atoms. The van der Waals surface area contributed by atoms with E-state index < -0.39 is 140 Å². The molecule has 9 aliphatic rings. The molecule has 5 heterocycles. The molecule has 0 radical (unpaired) electrons. The van der Waals surface area contributed by atoms with Crippen molar-refractivity contribution in [2.75, 3.05) is 19.8 Å². The molecule has 19 nitrogen and oxygen atoms in total. The predicted octanol–water partition coefficient (Wildman–Crippen LogP) is -1.70. The second kappa shape index (κ2) is 17.4. The van der Waals surface area contributed by atoms with Gasteiger partial charge in [-0.3, -0.25) is 0 Å². The minimum atomic E-state index is -1.87. The molecule has 8 fully saturated rings. The molecule has 5 unspecified atom stereocenters. The maximum absolute atomic E-state index is 12.8. The summed E-state index contributed by atoms with van der Waals surface area (Å²) in [6.45, 7) is 8.93. The fraction of sp³-hybridized carbons (Fsp3) is 0.956. The summed E-state index contributed by atoms with van der Waals surface area (Å²) in [6, 6.07) is 0. The Bertz CT molecular complexity index is 1710. The highest BCUT2D eigenvalue weighted by atomic mass is 16.8. The van der Waals surface area contributed by atoms with Crippen LogP contribution in [0, 0.1) is 40.4 Å². The van der Waals surface area contributed by atoms with Crippen molar-refractivity contribution in [1.29, 1.82) is 0 Å². The number of ether oxygens (including phenoxy) is 8. The Hall–Kier alpha value is -1.02. The SMILES string of the molecule is C[C@@H]1O[C@@H](O[C@H]2[C@H](O[C@H]3CC[C@@]4(C)C(=CCC5C4CC[C@@]4(C)C5CC5O[C@]6(CC(O)[C@@H](C)CO6)[C@@H](C)[C@]54O)C3)O[C@H](CO)[C@@H](O)[C@@H]2O[C@@H]2O[C@H](CO)[C@@H](O)[C@H](O)[C@H]2O)[C@H](O)[C@H](O)[C@H]1O. The highest BCUT2D eigenvalue weighted by Gasteiger charge is 2.76. The van der Waals surface area contributed by atoms with E-state index in [9.17, 15) is 56.2 Å². The smallest absolute Gasteiger partial charge is 0.187 e. The first-order valence-corrected chi connectivity index (χ1v) is 23.6. The van der Waals surface area contributed by atoms with Crippen molar-refractivity contribution in [2.45, 2.75) is 208 Å². The van der Waals surface area contributed by atoms with Crippen LogP contribution in [0.5, 0.6) is 0 Å². The van der Waals surface area contributed by atoms with Crippen LogP contribution in [0.15, 0.2) is 11.6 Å². The van der Waals surface area contributed by atoms with E-state index in [4.69, 9.17) is 37.9 Å². The van der Waals surface area contributed by atoms with Crippen LogP contribution in [0.4, 0.5) is 0 Å². The van der Waals surface area contributed by atoms with Crippen molar-refractivity contribution in [2.24, 2.45) is 40.4 Å². The summed E-state index contributed by atoms with van der Waals surface area (Å²) < 4.78 is 49.7. The molecule has 5 saturated heterocycles. The monoisotopic (exact) mass is 916 g/mol. The topological polar surface area (TPSA) is 296 Å². The molecule has 9 rings (SSSR count). The minimum absolute atomic E-state index is 0.00836. The lowest BCUT2D eigenvalue weighted by molar-refractivity contribution is -0.394. The molecule has 5 aliphatic heterocycles. The van der Waals surface area contributed by atoms with E-state index in [1.165, 1.54) is 12.5 Å². The molecule has 366 valence electrons. The Labute approximate surface area is 373 Å². The molecule has 0 aromatic rings. The van der Waals surface area contributed by atoms with Gasteiger partial charge in [-0.25, -0.2) is 0 Å². The predicted molar refractivity (Wildman–Crippen MR) is 217 cm³/mol. The average Bonchev–Trinajstić information content (AvgIpc) is 3.62. The van der Waals surface area contributed by atoms with Gasteiger partial charge in [0.05, 0.1) is 44.2 Å². The van der Waals surface area contributed by atoms with Gasteiger partial charge in [0.15, 0.2) is 24.7 Å². The molecule has 0 amide bonds. The Morgan fingerprint density at radius 2 is 1.34 bits per heavy atom. The fourth-order valence-corrected chi connectivity index (χ4v) is 13.9. The molecule has 19 heteroatoms. The Kier molecular flexibility index (Phi) is 13.1. The summed E-state index contributed by atoms with van der Waals surface area (Å²) in [7, 11) is 0. The summed E-state index contributed by atoms with van der Waals surface area (Å²) in [5.74, 6) is -0.521. The van der Waals surface area contributed by atoms with Gasteiger partial charge < -0.3 is 94.1 Å². The normalized spacial score (nSPS) is 58.6. The first kappa shape index (κ1) is 48.0. The first-order chi connectivity index (χ1) is 30.2. The van der Waals surface area contributed by atoms with E-state index in [-0.39, 0.29) is 23.2 Å². The molecule has 0 aromatic heterocycles. The highest BCUT2D eigenvalue weighted by Crippen LogP contribution is 2.72. The van der Waals surface area contributed by atoms with Gasteiger partial charge >= 0.3 is 0 Å². The number of hydrogen-bond donors (Lipinski definition) is 11. The van der Waals surface area contributed by atoms with Crippen molar-refractivity contribution >= 4 is 0 Å². The zero-order valence-corrected chi connectivity index (χ0v) is 37.3. The number of aliphatic hydroxyl groups is 11. The molecule has 11 N–H and O–H groups in total. The standard InChI is InChI=1S/C45H72O19/c1-18-17-57-44(14-26(18)48)20(3)45(56)29(64-44)13-25-23-7-6-21-12-22(8-10-42(21,4)24(23)9-11-43(25,45)5)59-41-38(63-39-35(54)33(52)30(49)19(2)58-39)37(32(51)28(16-47)61-41)62-40-36(55)34(53)31(50)27(15-46)60-40/h6,18-20,22-41,46-56H,7-17H2,1-5H3/t18-,19-,20+,22-,23?,24?,25?,26?,27+,28+,29?,30-,31+,32+,33+,34-,35+,36+,37-,38+,39-,40-,41+,42-,43-,44+,45-/m0/s1. The molecule has 0 aromatic carbocycles. The maximum Gasteiger partial charge on any atom is 0.187 e.